The van der Waals surface area contributed by atoms with Crippen LogP contribution in [0.2, 0.25) is 0 Å². The lowest BCUT2D eigenvalue weighted by atomic mass is 9.72. The Morgan fingerprint density at radius 1 is 0.829 bits per heavy atom. The molecule has 0 heterocycles. The minimum atomic E-state index is -4.27. The lowest BCUT2D eigenvalue weighted by molar-refractivity contribution is -0.870. The maximum Gasteiger partial charge on any atom is 0.124 e. The van der Waals surface area contributed by atoms with Gasteiger partial charge < -0.3 is 18.5 Å². The number of hydrogen-bond acceptors (Lipinski definition) is 5. The number of quaternary nitrogens is 1. The van der Waals surface area contributed by atoms with Crippen LogP contribution in [0.25, 0.3) is 0 Å². The molecular formula is C28H45NO5S. The van der Waals surface area contributed by atoms with Crippen LogP contribution < -0.4 is 4.74 Å². The molecule has 0 N–H and O–H groups in total. The molecule has 0 aliphatic carbocycles. The molecule has 0 radical (unpaired) electrons. The first kappa shape index (κ1) is 31.1. The lowest BCUT2D eigenvalue weighted by Gasteiger charge is -2.33. The highest BCUT2D eigenvalue weighted by Crippen LogP contribution is 2.36. The van der Waals surface area contributed by atoms with Crippen molar-refractivity contribution >= 4 is 10.1 Å². The molecule has 0 fully saturated rings. The summed E-state index contributed by atoms with van der Waals surface area (Å²) in [6.07, 6.45) is 1.15. The number of likely N-dealkylation sites (N-methyl/N-ethyl adjacent to an activating group) is 1. The highest BCUT2D eigenvalue weighted by atomic mass is 32.2. The minimum Gasteiger partial charge on any atom is -0.744 e. The van der Waals surface area contributed by atoms with E-state index in [1.807, 2.05) is 6.92 Å². The van der Waals surface area contributed by atoms with Crippen molar-refractivity contribution in [1.29, 1.82) is 0 Å². The molecule has 35 heavy (non-hydrogen) atoms. The van der Waals surface area contributed by atoms with Crippen molar-refractivity contribution in [2.75, 3.05) is 47.5 Å². The number of hydrogen-bond donors (Lipinski definition) is 0. The zero-order chi connectivity index (χ0) is 26.9. The van der Waals surface area contributed by atoms with Crippen molar-refractivity contribution < 1.29 is 26.9 Å². The second-order valence-corrected chi connectivity index (χ2v) is 13.3. The molecule has 0 atom stereocenters. The topological polar surface area (TPSA) is 75.7 Å². The van der Waals surface area contributed by atoms with Gasteiger partial charge in [-0.1, -0.05) is 64.4 Å². The summed E-state index contributed by atoms with van der Waals surface area (Å²) >= 11 is 0. The molecule has 0 aromatic heterocycles. The average molecular weight is 508 g/mol. The molecule has 0 aliphatic rings. The van der Waals surface area contributed by atoms with Crippen molar-refractivity contribution in [3.63, 3.8) is 0 Å². The predicted molar refractivity (Wildman–Crippen MR) is 142 cm³/mol. The van der Waals surface area contributed by atoms with E-state index in [4.69, 9.17) is 9.47 Å². The Kier molecular flexibility index (Phi) is 11.4. The molecule has 6 nitrogen and oxygen atoms in total. The molecule has 0 saturated carbocycles. The third kappa shape index (κ3) is 13.7. The van der Waals surface area contributed by atoms with Crippen LogP contribution in [0, 0.1) is 12.3 Å². The molecule has 0 amide bonds. The van der Waals surface area contributed by atoms with Gasteiger partial charge in [-0.15, -0.1) is 0 Å². The Hall–Kier alpha value is -1.93. The van der Waals surface area contributed by atoms with Crippen LogP contribution in [0.5, 0.6) is 5.75 Å². The lowest BCUT2D eigenvalue weighted by Crippen LogP contribution is -2.37. The van der Waals surface area contributed by atoms with Crippen molar-refractivity contribution in [2.24, 2.45) is 5.41 Å². The van der Waals surface area contributed by atoms with Gasteiger partial charge in [-0.05, 0) is 54.0 Å². The van der Waals surface area contributed by atoms with Gasteiger partial charge in [0, 0.05) is 0 Å². The maximum absolute atomic E-state index is 10.4. The van der Waals surface area contributed by atoms with Crippen molar-refractivity contribution in [2.45, 2.75) is 58.3 Å². The van der Waals surface area contributed by atoms with Gasteiger partial charge >= 0.3 is 0 Å². The van der Waals surface area contributed by atoms with E-state index in [1.165, 1.54) is 17.7 Å². The fraction of sp³-hybridized carbons (Fsp3) is 0.571. The smallest absolute Gasteiger partial charge is 0.124 e. The van der Waals surface area contributed by atoms with Gasteiger partial charge in [0.15, 0.2) is 0 Å². The summed E-state index contributed by atoms with van der Waals surface area (Å²) in [6, 6.07) is 14.3. The van der Waals surface area contributed by atoms with E-state index in [9.17, 15) is 13.0 Å². The van der Waals surface area contributed by atoms with Gasteiger partial charge in [0.25, 0.3) is 0 Å². The molecule has 0 bridgehead atoms. The van der Waals surface area contributed by atoms with Crippen LogP contribution in [-0.4, -0.2) is 65.0 Å². The quantitative estimate of drug-likeness (QED) is 0.244. The second kappa shape index (κ2) is 12.9. The van der Waals surface area contributed by atoms with Gasteiger partial charge in [0.05, 0.1) is 39.3 Å². The summed E-state index contributed by atoms with van der Waals surface area (Å²) in [4.78, 5) is -0.178. The Morgan fingerprint density at radius 3 is 1.83 bits per heavy atom. The third-order valence-electron chi connectivity index (χ3n) is 5.32. The molecule has 0 spiro atoms. The van der Waals surface area contributed by atoms with Crippen LogP contribution in [0.1, 0.15) is 52.2 Å². The fourth-order valence-corrected chi connectivity index (χ4v) is 4.26. The zero-order valence-corrected chi connectivity index (χ0v) is 23.9. The van der Waals surface area contributed by atoms with E-state index in [2.05, 4.69) is 80.0 Å². The van der Waals surface area contributed by atoms with E-state index in [0.717, 1.165) is 35.4 Å². The molecule has 198 valence electrons. The van der Waals surface area contributed by atoms with Crippen LogP contribution in [0.4, 0.5) is 0 Å². The second-order valence-electron chi connectivity index (χ2n) is 11.9. The van der Waals surface area contributed by atoms with Crippen LogP contribution in [0.3, 0.4) is 0 Å². The summed E-state index contributed by atoms with van der Waals surface area (Å²) in [5.41, 5.74) is 2.79. The summed E-state index contributed by atoms with van der Waals surface area (Å²) in [5.74, 6) is 0.917. The van der Waals surface area contributed by atoms with Gasteiger partial charge in [-0.2, -0.15) is 0 Å². The standard InChI is InChI=1S/C21H38NO2.C7H8O3S/c1-20(2,3)17-21(4,5)18-9-11-19(12-10-18)24-16-15-23-14-13-22(6,7)8;1-6-2-4-7(5-3-6)11(8,9)10/h9-12H,13-17H2,1-8H3;2-5H,1H3,(H,8,9,10)/q+1;/p-1. The van der Waals surface area contributed by atoms with E-state index >= 15 is 0 Å². The number of nitrogens with zero attached hydrogens (tertiary/aromatic N) is 1. The number of ether oxygens (including phenoxy) is 2. The molecule has 2 aromatic rings. The Balaban J connectivity index is 0.000000462. The van der Waals surface area contributed by atoms with Crippen molar-refractivity contribution in [3.05, 3.63) is 59.7 Å². The minimum absolute atomic E-state index is 0.172. The van der Waals surface area contributed by atoms with Crippen LogP contribution in [0.15, 0.2) is 53.4 Å². The summed E-state index contributed by atoms with van der Waals surface area (Å²) in [5, 5.41) is 0. The summed E-state index contributed by atoms with van der Waals surface area (Å²) in [6.45, 7) is 16.4. The fourth-order valence-electron chi connectivity index (χ4n) is 3.79. The van der Waals surface area contributed by atoms with Gasteiger partial charge in [-0.25, -0.2) is 8.42 Å². The highest BCUT2D eigenvalue weighted by molar-refractivity contribution is 7.85. The molecule has 0 aliphatic heterocycles. The average Bonchev–Trinajstić information content (AvgIpc) is 2.68. The zero-order valence-electron chi connectivity index (χ0n) is 23.1. The largest absolute Gasteiger partial charge is 0.744 e. The third-order valence-corrected chi connectivity index (χ3v) is 6.17. The molecule has 0 unspecified atom stereocenters. The molecule has 0 saturated heterocycles. The molecular weight excluding hydrogens is 462 g/mol. The van der Waals surface area contributed by atoms with Crippen LogP contribution >= 0.6 is 0 Å². The number of benzene rings is 2. The summed E-state index contributed by atoms with van der Waals surface area (Å²) in [7, 11) is 2.24. The Morgan fingerprint density at radius 2 is 1.37 bits per heavy atom. The van der Waals surface area contributed by atoms with Gasteiger partial charge in [-0.3, -0.25) is 0 Å². The van der Waals surface area contributed by atoms with Crippen LogP contribution in [-0.2, 0) is 20.3 Å². The van der Waals surface area contributed by atoms with E-state index < -0.39 is 10.1 Å². The Labute approximate surface area is 213 Å². The Bertz CT molecular complexity index is 984. The summed E-state index contributed by atoms with van der Waals surface area (Å²) < 4.78 is 43.5. The molecule has 7 heteroatoms. The SMILES string of the molecule is CC(C)(C)CC(C)(C)c1ccc(OCCOCC[N+](C)(C)C)cc1.Cc1ccc(S(=O)(=O)[O-])cc1. The molecule has 2 aromatic carbocycles. The maximum atomic E-state index is 10.4. The van der Waals surface area contributed by atoms with Crippen molar-refractivity contribution in [3.8, 4) is 5.75 Å². The first-order chi connectivity index (χ1) is 15.9. The number of aryl methyl sites for hydroxylation is 1. The van der Waals surface area contributed by atoms with Gasteiger partial charge in [0.2, 0.25) is 0 Å². The van der Waals surface area contributed by atoms with E-state index in [0.29, 0.717) is 18.6 Å². The van der Waals surface area contributed by atoms with Crippen molar-refractivity contribution in [1.82, 2.24) is 0 Å². The predicted octanol–water partition coefficient (Wildman–Crippen LogP) is 5.40. The monoisotopic (exact) mass is 507 g/mol. The highest BCUT2D eigenvalue weighted by Gasteiger charge is 2.27. The van der Waals surface area contributed by atoms with Gasteiger partial charge in [0.1, 0.15) is 29.0 Å². The number of rotatable bonds is 10. The van der Waals surface area contributed by atoms with E-state index in [-0.39, 0.29) is 10.3 Å². The van der Waals surface area contributed by atoms with E-state index in [1.54, 1.807) is 12.1 Å². The normalized spacial score (nSPS) is 12.6. The molecule has 2 rings (SSSR count). The first-order valence-electron chi connectivity index (χ1n) is 12.0. The first-order valence-corrected chi connectivity index (χ1v) is 13.4.